The fraction of sp³-hybridized carbons (Fsp3) is 0.429. The number of Topliss-reactive ketones (excluding diaryl/α,β-unsaturated/α-hetero) is 1. The average molecular weight is 266 g/mol. The monoisotopic (exact) mass is 266 g/mol. The van der Waals surface area contributed by atoms with E-state index in [1.807, 2.05) is 20.8 Å². The van der Waals surface area contributed by atoms with Gasteiger partial charge in [0.05, 0.1) is 12.2 Å². The molecule has 0 fully saturated rings. The Balaban J connectivity index is 3.31. The molecule has 5 nitrogen and oxygen atoms in total. The number of ketones is 1. The standard InChI is InChI=1S/C14H18O5/c1-5-19-13(18)12(17)9-6-8(14(2,3)4)7-10(15)11(9)16/h6-7,15-16H,5H2,1-4H3. The molecule has 0 aromatic heterocycles. The van der Waals surface area contributed by atoms with Crippen molar-refractivity contribution >= 4 is 11.8 Å². The second-order valence-electron chi connectivity index (χ2n) is 5.19. The van der Waals surface area contributed by atoms with Gasteiger partial charge in [-0.2, -0.15) is 0 Å². The largest absolute Gasteiger partial charge is 0.504 e. The maximum atomic E-state index is 11.8. The lowest BCUT2D eigenvalue weighted by molar-refractivity contribution is -0.137. The Morgan fingerprint density at radius 1 is 1.21 bits per heavy atom. The first-order chi connectivity index (χ1) is 8.68. The average Bonchev–Trinajstić information content (AvgIpc) is 2.30. The minimum Gasteiger partial charge on any atom is -0.504 e. The Hall–Kier alpha value is -2.04. The third kappa shape index (κ3) is 3.24. The second-order valence-corrected chi connectivity index (χ2v) is 5.19. The summed E-state index contributed by atoms with van der Waals surface area (Å²) in [5, 5.41) is 19.3. The third-order valence-electron chi connectivity index (χ3n) is 2.66. The summed E-state index contributed by atoms with van der Waals surface area (Å²) in [6.45, 7) is 7.30. The zero-order chi connectivity index (χ0) is 14.8. The molecule has 0 unspecified atom stereocenters. The van der Waals surface area contributed by atoms with Crippen LogP contribution in [0.15, 0.2) is 12.1 Å². The minimum absolute atomic E-state index is 0.0658. The van der Waals surface area contributed by atoms with Crippen LogP contribution in [0.5, 0.6) is 11.5 Å². The SMILES string of the molecule is CCOC(=O)C(=O)c1cc(C(C)(C)C)cc(O)c1O. The first-order valence-corrected chi connectivity index (χ1v) is 5.96. The van der Waals surface area contributed by atoms with Gasteiger partial charge in [0.1, 0.15) is 0 Å². The lowest BCUT2D eigenvalue weighted by Crippen LogP contribution is -2.19. The predicted octanol–water partition coefficient (Wildman–Crippen LogP) is 2.14. The van der Waals surface area contributed by atoms with Gasteiger partial charge in [0.2, 0.25) is 0 Å². The molecule has 0 radical (unpaired) electrons. The van der Waals surface area contributed by atoms with E-state index in [-0.39, 0.29) is 17.6 Å². The van der Waals surface area contributed by atoms with Crippen molar-refractivity contribution in [3.8, 4) is 11.5 Å². The Labute approximate surface area is 111 Å². The number of phenols is 2. The van der Waals surface area contributed by atoms with Gasteiger partial charge >= 0.3 is 5.97 Å². The molecule has 0 aliphatic heterocycles. The number of hydrogen-bond donors (Lipinski definition) is 2. The molecule has 0 bridgehead atoms. The molecule has 0 atom stereocenters. The molecule has 0 aliphatic rings. The molecule has 0 saturated heterocycles. The van der Waals surface area contributed by atoms with E-state index >= 15 is 0 Å². The molecule has 104 valence electrons. The lowest BCUT2D eigenvalue weighted by Gasteiger charge is -2.20. The maximum absolute atomic E-state index is 11.8. The quantitative estimate of drug-likeness (QED) is 0.379. The van der Waals surface area contributed by atoms with Gasteiger partial charge in [-0.05, 0) is 30.0 Å². The zero-order valence-electron chi connectivity index (χ0n) is 11.5. The molecule has 0 heterocycles. The summed E-state index contributed by atoms with van der Waals surface area (Å²) in [7, 11) is 0. The molecule has 0 aliphatic carbocycles. The molecule has 1 rings (SSSR count). The molecule has 1 aromatic rings. The maximum Gasteiger partial charge on any atom is 0.379 e. The van der Waals surface area contributed by atoms with Crippen LogP contribution in [0.3, 0.4) is 0 Å². The van der Waals surface area contributed by atoms with Gasteiger partial charge in [-0.15, -0.1) is 0 Å². The van der Waals surface area contributed by atoms with Crippen LogP contribution >= 0.6 is 0 Å². The summed E-state index contributed by atoms with van der Waals surface area (Å²) in [6.07, 6.45) is 0. The van der Waals surface area contributed by atoms with Crippen molar-refractivity contribution in [3.63, 3.8) is 0 Å². The van der Waals surface area contributed by atoms with Gasteiger partial charge in [-0.25, -0.2) is 4.79 Å². The molecule has 0 saturated carbocycles. The number of rotatable bonds is 3. The van der Waals surface area contributed by atoms with Crippen molar-refractivity contribution in [2.45, 2.75) is 33.1 Å². The highest BCUT2D eigenvalue weighted by atomic mass is 16.5. The third-order valence-corrected chi connectivity index (χ3v) is 2.66. The van der Waals surface area contributed by atoms with Crippen molar-refractivity contribution in [3.05, 3.63) is 23.3 Å². The summed E-state index contributed by atoms with van der Waals surface area (Å²) in [6, 6.07) is 2.77. The van der Waals surface area contributed by atoms with E-state index in [0.29, 0.717) is 5.56 Å². The van der Waals surface area contributed by atoms with Gasteiger partial charge in [0.15, 0.2) is 11.5 Å². The summed E-state index contributed by atoms with van der Waals surface area (Å²) in [5.74, 6) is -3.06. The number of benzene rings is 1. The summed E-state index contributed by atoms with van der Waals surface area (Å²) in [5.41, 5.74) is 0.0494. The molecule has 0 spiro atoms. The van der Waals surface area contributed by atoms with E-state index in [0.717, 1.165) is 0 Å². The summed E-state index contributed by atoms with van der Waals surface area (Å²) >= 11 is 0. The highest BCUT2D eigenvalue weighted by Crippen LogP contribution is 2.35. The van der Waals surface area contributed by atoms with Crippen LogP contribution < -0.4 is 0 Å². The highest BCUT2D eigenvalue weighted by molar-refractivity contribution is 6.41. The van der Waals surface area contributed by atoms with E-state index in [1.54, 1.807) is 6.92 Å². The van der Waals surface area contributed by atoms with Crippen LogP contribution in [0.2, 0.25) is 0 Å². The number of ether oxygens (including phenoxy) is 1. The lowest BCUT2D eigenvalue weighted by atomic mass is 9.85. The fourth-order valence-electron chi connectivity index (χ4n) is 1.53. The van der Waals surface area contributed by atoms with Crippen molar-refractivity contribution < 1.29 is 24.5 Å². The van der Waals surface area contributed by atoms with E-state index in [2.05, 4.69) is 4.74 Å². The number of aromatic hydroxyl groups is 2. The first kappa shape index (κ1) is 15.0. The fourth-order valence-corrected chi connectivity index (χ4v) is 1.53. The van der Waals surface area contributed by atoms with Gasteiger partial charge < -0.3 is 14.9 Å². The number of carbonyl (C=O) groups excluding carboxylic acids is 2. The Morgan fingerprint density at radius 2 is 1.79 bits per heavy atom. The van der Waals surface area contributed by atoms with Crippen LogP contribution in [0.4, 0.5) is 0 Å². The van der Waals surface area contributed by atoms with Crippen LogP contribution in [-0.4, -0.2) is 28.6 Å². The van der Waals surface area contributed by atoms with Crippen LogP contribution in [0, 0.1) is 0 Å². The highest BCUT2D eigenvalue weighted by Gasteiger charge is 2.26. The van der Waals surface area contributed by atoms with Gasteiger partial charge in [0.25, 0.3) is 5.78 Å². The Bertz CT molecular complexity index is 511. The molecule has 2 N–H and O–H groups in total. The molecule has 1 aromatic carbocycles. The van der Waals surface area contributed by atoms with Gasteiger partial charge in [-0.1, -0.05) is 20.8 Å². The van der Waals surface area contributed by atoms with Crippen LogP contribution in [0.25, 0.3) is 0 Å². The van der Waals surface area contributed by atoms with Crippen molar-refractivity contribution in [1.82, 2.24) is 0 Å². The smallest absolute Gasteiger partial charge is 0.379 e. The Morgan fingerprint density at radius 3 is 2.26 bits per heavy atom. The zero-order valence-corrected chi connectivity index (χ0v) is 11.5. The van der Waals surface area contributed by atoms with E-state index in [4.69, 9.17) is 0 Å². The number of esters is 1. The van der Waals surface area contributed by atoms with E-state index in [9.17, 15) is 19.8 Å². The number of hydrogen-bond acceptors (Lipinski definition) is 5. The predicted molar refractivity (Wildman–Crippen MR) is 69.4 cm³/mol. The minimum atomic E-state index is -1.05. The van der Waals surface area contributed by atoms with E-state index < -0.39 is 23.3 Å². The van der Waals surface area contributed by atoms with Crippen LogP contribution in [-0.2, 0) is 14.9 Å². The number of carbonyl (C=O) groups is 2. The van der Waals surface area contributed by atoms with E-state index in [1.165, 1.54) is 12.1 Å². The molecular formula is C14H18O5. The van der Waals surface area contributed by atoms with Gasteiger partial charge in [-0.3, -0.25) is 4.79 Å². The van der Waals surface area contributed by atoms with Crippen molar-refractivity contribution in [1.29, 1.82) is 0 Å². The van der Waals surface area contributed by atoms with Gasteiger partial charge in [0, 0.05) is 0 Å². The topological polar surface area (TPSA) is 83.8 Å². The van der Waals surface area contributed by atoms with Crippen molar-refractivity contribution in [2.24, 2.45) is 0 Å². The molecule has 5 heteroatoms. The number of phenolic OH excluding ortho intramolecular Hbond substituents is 2. The summed E-state index contributed by atoms with van der Waals surface area (Å²) < 4.78 is 4.60. The second kappa shape index (κ2) is 5.30. The first-order valence-electron chi connectivity index (χ1n) is 5.96. The molecular weight excluding hydrogens is 248 g/mol. The summed E-state index contributed by atoms with van der Waals surface area (Å²) in [4.78, 5) is 23.2. The van der Waals surface area contributed by atoms with Crippen LogP contribution in [0.1, 0.15) is 43.6 Å². The molecule has 19 heavy (non-hydrogen) atoms. The van der Waals surface area contributed by atoms with Crippen molar-refractivity contribution in [2.75, 3.05) is 6.61 Å². The Kier molecular flexibility index (Phi) is 4.19. The molecule has 0 amide bonds. The normalized spacial score (nSPS) is 11.2.